The number of fused-ring (bicyclic) bond motifs is 1. The number of rotatable bonds is 8. The standard InChI is InChI=1S/C27H25BrN4O4/c1-4-35-25-13-19(9-12-24(25)36-16-26(33)31-22-8-6-5-7-17(22)2)15-29-32-18(3)30-23-11-10-20(28)14-21(23)27(32)34/h5-15H,4,16H2,1-3H3,(H,31,33). The van der Waals surface area contributed by atoms with Crippen molar-refractivity contribution in [3.05, 3.63) is 92.4 Å². The Morgan fingerprint density at radius 3 is 2.67 bits per heavy atom. The minimum Gasteiger partial charge on any atom is -0.490 e. The van der Waals surface area contributed by atoms with Gasteiger partial charge < -0.3 is 14.8 Å². The molecule has 36 heavy (non-hydrogen) atoms. The number of carbonyl (C=O) groups excluding carboxylic acids is 1. The first-order valence-corrected chi connectivity index (χ1v) is 12.1. The number of hydrogen-bond donors (Lipinski definition) is 1. The zero-order chi connectivity index (χ0) is 25.7. The average Bonchev–Trinajstić information content (AvgIpc) is 2.85. The number of ether oxygens (including phenoxy) is 2. The fraction of sp³-hybridized carbons (Fsp3) is 0.185. The molecular weight excluding hydrogens is 524 g/mol. The number of halogens is 1. The van der Waals surface area contributed by atoms with Crippen LogP contribution in [0.1, 0.15) is 23.9 Å². The van der Waals surface area contributed by atoms with Gasteiger partial charge in [0.05, 0.1) is 23.7 Å². The number of nitrogens with one attached hydrogen (secondary N) is 1. The highest BCUT2D eigenvalue weighted by atomic mass is 79.9. The van der Waals surface area contributed by atoms with E-state index in [-0.39, 0.29) is 18.1 Å². The van der Waals surface area contributed by atoms with E-state index < -0.39 is 0 Å². The van der Waals surface area contributed by atoms with E-state index in [0.717, 1.165) is 15.7 Å². The van der Waals surface area contributed by atoms with Crippen LogP contribution >= 0.6 is 15.9 Å². The zero-order valence-corrected chi connectivity index (χ0v) is 21.7. The molecule has 1 amide bonds. The largest absolute Gasteiger partial charge is 0.490 e. The van der Waals surface area contributed by atoms with Crippen LogP contribution in [0.4, 0.5) is 5.69 Å². The number of para-hydroxylation sites is 1. The van der Waals surface area contributed by atoms with Crippen molar-refractivity contribution in [1.29, 1.82) is 0 Å². The molecule has 0 saturated carbocycles. The maximum Gasteiger partial charge on any atom is 0.282 e. The van der Waals surface area contributed by atoms with Crippen molar-refractivity contribution in [3.8, 4) is 11.5 Å². The fourth-order valence-electron chi connectivity index (χ4n) is 3.56. The van der Waals surface area contributed by atoms with Crippen LogP contribution in [0.15, 0.2) is 75.0 Å². The Morgan fingerprint density at radius 1 is 1.08 bits per heavy atom. The van der Waals surface area contributed by atoms with Crippen LogP contribution in [0.25, 0.3) is 10.9 Å². The molecule has 8 nitrogen and oxygen atoms in total. The molecule has 0 aliphatic heterocycles. The summed E-state index contributed by atoms with van der Waals surface area (Å²) >= 11 is 3.39. The lowest BCUT2D eigenvalue weighted by atomic mass is 10.2. The van der Waals surface area contributed by atoms with Crippen molar-refractivity contribution in [2.75, 3.05) is 18.5 Å². The molecule has 4 aromatic rings. The molecule has 1 aromatic heterocycles. The second-order valence-corrected chi connectivity index (χ2v) is 8.89. The number of aromatic nitrogens is 2. The monoisotopic (exact) mass is 548 g/mol. The van der Waals surface area contributed by atoms with Crippen LogP contribution in [-0.4, -0.2) is 35.0 Å². The van der Waals surface area contributed by atoms with Gasteiger partial charge in [0.1, 0.15) is 5.82 Å². The van der Waals surface area contributed by atoms with Crippen molar-refractivity contribution >= 4 is 44.6 Å². The molecule has 3 aromatic carbocycles. The lowest BCUT2D eigenvalue weighted by Gasteiger charge is -2.13. The molecule has 1 N–H and O–H groups in total. The highest BCUT2D eigenvalue weighted by molar-refractivity contribution is 9.10. The van der Waals surface area contributed by atoms with Gasteiger partial charge in [-0.15, -0.1) is 0 Å². The van der Waals surface area contributed by atoms with Crippen molar-refractivity contribution < 1.29 is 14.3 Å². The van der Waals surface area contributed by atoms with Gasteiger partial charge in [0, 0.05) is 10.2 Å². The van der Waals surface area contributed by atoms with Crippen LogP contribution in [0.3, 0.4) is 0 Å². The summed E-state index contributed by atoms with van der Waals surface area (Å²) in [5.74, 6) is 1.09. The van der Waals surface area contributed by atoms with Gasteiger partial charge in [-0.3, -0.25) is 9.59 Å². The van der Waals surface area contributed by atoms with Gasteiger partial charge in [0.2, 0.25) is 0 Å². The van der Waals surface area contributed by atoms with Gasteiger partial charge in [-0.05, 0) is 74.4 Å². The summed E-state index contributed by atoms with van der Waals surface area (Å²) in [6.07, 6.45) is 1.55. The smallest absolute Gasteiger partial charge is 0.282 e. The molecule has 0 spiro atoms. The molecule has 0 fully saturated rings. The van der Waals surface area contributed by atoms with Crippen LogP contribution in [0.2, 0.25) is 0 Å². The first-order valence-electron chi connectivity index (χ1n) is 11.3. The van der Waals surface area contributed by atoms with Gasteiger partial charge in [-0.25, -0.2) is 4.98 Å². The van der Waals surface area contributed by atoms with Crippen molar-refractivity contribution in [2.24, 2.45) is 5.10 Å². The van der Waals surface area contributed by atoms with Gasteiger partial charge >= 0.3 is 0 Å². The van der Waals surface area contributed by atoms with Gasteiger partial charge in [0.15, 0.2) is 18.1 Å². The van der Waals surface area contributed by atoms with Crippen LogP contribution in [0.5, 0.6) is 11.5 Å². The van der Waals surface area contributed by atoms with Crippen molar-refractivity contribution in [3.63, 3.8) is 0 Å². The minimum atomic E-state index is -0.275. The van der Waals surface area contributed by atoms with Crippen LogP contribution in [0, 0.1) is 13.8 Å². The van der Waals surface area contributed by atoms with E-state index >= 15 is 0 Å². The zero-order valence-electron chi connectivity index (χ0n) is 20.1. The molecule has 0 unspecified atom stereocenters. The molecule has 0 aliphatic rings. The predicted octanol–water partition coefficient (Wildman–Crippen LogP) is 5.07. The molecule has 0 radical (unpaired) electrons. The third-order valence-corrected chi connectivity index (χ3v) is 5.83. The fourth-order valence-corrected chi connectivity index (χ4v) is 3.92. The Morgan fingerprint density at radius 2 is 1.89 bits per heavy atom. The summed E-state index contributed by atoms with van der Waals surface area (Å²) in [7, 11) is 0. The molecule has 0 saturated heterocycles. The van der Waals surface area contributed by atoms with Gasteiger partial charge in [-0.2, -0.15) is 9.78 Å². The van der Waals surface area contributed by atoms with Gasteiger partial charge in [0.25, 0.3) is 11.5 Å². The molecule has 9 heteroatoms. The number of carbonyl (C=O) groups is 1. The second-order valence-electron chi connectivity index (χ2n) is 7.97. The van der Waals surface area contributed by atoms with E-state index in [2.05, 4.69) is 31.3 Å². The number of hydrogen-bond acceptors (Lipinski definition) is 6. The van der Waals surface area contributed by atoms with E-state index in [4.69, 9.17) is 9.47 Å². The molecular formula is C27H25BrN4O4. The Bertz CT molecular complexity index is 1510. The summed E-state index contributed by atoms with van der Waals surface area (Å²) in [4.78, 5) is 29.8. The average molecular weight is 549 g/mol. The van der Waals surface area contributed by atoms with Gasteiger partial charge in [-0.1, -0.05) is 34.1 Å². The topological polar surface area (TPSA) is 94.8 Å². The molecule has 184 valence electrons. The summed E-state index contributed by atoms with van der Waals surface area (Å²) in [5, 5.41) is 7.67. The lowest BCUT2D eigenvalue weighted by molar-refractivity contribution is -0.118. The van der Waals surface area contributed by atoms with Crippen molar-refractivity contribution in [1.82, 2.24) is 9.66 Å². The molecule has 0 bridgehead atoms. The summed E-state index contributed by atoms with van der Waals surface area (Å²) in [5.41, 5.74) is 2.74. The third-order valence-electron chi connectivity index (χ3n) is 5.34. The summed E-state index contributed by atoms with van der Waals surface area (Å²) < 4.78 is 13.5. The lowest BCUT2D eigenvalue weighted by Crippen LogP contribution is -2.21. The van der Waals surface area contributed by atoms with E-state index in [1.807, 2.05) is 44.2 Å². The highest BCUT2D eigenvalue weighted by Crippen LogP contribution is 2.28. The molecule has 0 atom stereocenters. The summed E-state index contributed by atoms with van der Waals surface area (Å²) in [6, 6.07) is 18.1. The SMILES string of the molecule is CCOc1cc(C=Nn2c(C)nc3ccc(Br)cc3c2=O)ccc1OCC(=O)Nc1ccccc1C. The number of aryl methyl sites for hydroxylation is 2. The number of nitrogens with zero attached hydrogens (tertiary/aromatic N) is 3. The van der Waals surface area contributed by atoms with E-state index in [9.17, 15) is 9.59 Å². The molecule has 4 rings (SSSR count). The van der Waals surface area contributed by atoms with Crippen molar-refractivity contribution in [2.45, 2.75) is 20.8 Å². The predicted molar refractivity (Wildman–Crippen MR) is 144 cm³/mol. The van der Waals surface area contributed by atoms with Crippen LogP contribution < -0.4 is 20.3 Å². The number of amides is 1. The number of benzene rings is 3. The Kier molecular flexibility index (Phi) is 7.80. The van der Waals surface area contributed by atoms with Crippen LogP contribution in [-0.2, 0) is 4.79 Å². The second kappa shape index (κ2) is 11.2. The highest BCUT2D eigenvalue weighted by Gasteiger charge is 2.11. The Labute approximate surface area is 216 Å². The maximum absolute atomic E-state index is 13.0. The number of anilines is 1. The third kappa shape index (κ3) is 5.80. The first-order chi connectivity index (χ1) is 17.4. The molecule has 1 heterocycles. The Balaban J connectivity index is 1.52. The van der Waals surface area contributed by atoms with E-state index in [1.54, 1.807) is 43.5 Å². The first kappa shape index (κ1) is 25.1. The Hall–Kier alpha value is -3.98. The summed E-state index contributed by atoms with van der Waals surface area (Å²) in [6.45, 7) is 5.75. The van der Waals surface area contributed by atoms with E-state index in [0.29, 0.717) is 40.4 Å². The minimum absolute atomic E-state index is 0.172. The normalized spacial score (nSPS) is 11.1. The quantitative estimate of drug-likeness (QED) is 0.310. The maximum atomic E-state index is 13.0. The molecule has 0 aliphatic carbocycles. The van der Waals surface area contributed by atoms with E-state index in [1.165, 1.54) is 4.68 Å².